The second-order valence-electron chi connectivity index (χ2n) is 3.88. The van der Waals surface area contributed by atoms with E-state index in [0.717, 1.165) is 10.2 Å². The van der Waals surface area contributed by atoms with Crippen molar-refractivity contribution >= 4 is 44.6 Å². The number of rotatable bonds is 5. The van der Waals surface area contributed by atoms with Crippen LogP contribution in [0.1, 0.15) is 0 Å². The van der Waals surface area contributed by atoms with Crippen LogP contribution in [0.3, 0.4) is 0 Å². The number of benzene rings is 1. The summed E-state index contributed by atoms with van der Waals surface area (Å²) in [5.41, 5.74) is 0.744. The van der Waals surface area contributed by atoms with E-state index in [2.05, 4.69) is 15.0 Å². The Hall–Kier alpha value is -2.52. The maximum atomic E-state index is 11.5. The molecular weight excluding hydrogens is 298 g/mol. The summed E-state index contributed by atoms with van der Waals surface area (Å²) in [6.07, 6.45) is 0. The van der Waals surface area contributed by atoms with Gasteiger partial charge in [-0.25, -0.2) is 14.6 Å². The number of ether oxygens (including phenoxy) is 1. The predicted molar refractivity (Wildman–Crippen MR) is 75.2 cm³/mol. The van der Waals surface area contributed by atoms with Crippen LogP contribution >= 0.6 is 11.3 Å². The molecule has 1 aromatic carbocycles. The largest absolute Gasteiger partial charge is 0.480 e. The number of urea groups is 1. The number of fused-ring (bicyclic) bond motifs is 1. The lowest BCUT2D eigenvalue weighted by atomic mass is 10.3. The van der Waals surface area contributed by atoms with Gasteiger partial charge in [-0.3, -0.25) is 15.4 Å². The third kappa shape index (κ3) is 4.51. The van der Waals surface area contributed by atoms with Crippen molar-refractivity contribution < 1.29 is 24.2 Å². The highest BCUT2D eigenvalue weighted by molar-refractivity contribution is 7.22. The van der Waals surface area contributed by atoms with Gasteiger partial charge in [0.05, 0.1) is 10.2 Å². The van der Waals surface area contributed by atoms with E-state index >= 15 is 0 Å². The molecule has 0 radical (unpaired) electrons. The van der Waals surface area contributed by atoms with Crippen molar-refractivity contribution in [2.24, 2.45) is 0 Å². The average Bonchev–Trinajstić information content (AvgIpc) is 2.79. The van der Waals surface area contributed by atoms with Gasteiger partial charge in [0.2, 0.25) is 0 Å². The van der Waals surface area contributed by atoms with E-state index in [4.69, 9.17) is 5.11 Å². The Bertz CT molecular complexity index is 651. The molecule has 0 fully saturated rings. The third-order valence-corrected chi connectivity index (χ3v) is 3.18. The maximum absolute atomic E-state index is 11.5. The summed E-state index contributed by atoms with van der Waals surface area (Å²) in [5.74, 6) is -1.93. The van der Waals surface area contributed by atoms with E-state index < -0.39 is 31.1 Å². The van der Waals surface area contributed by atoms with E-state index in [1.807, 2.05) is 23.5 Å². The minimum absolute atomic E-state index is 0.355. The lowest BCUT2D eigenvalue weighted by Gasteiger charge is -2.04. The summed E-state index contributed by atoms with van der Waals surface area (Å²) in [5, 5.41) is 13.1. The fourth-order valence-electron chi connectivity index (χ4n) is 1.45. The number of hydrogen-bond acceptors (Lipinski definition) is 6. The van der Waals surface area contributed by atoms with Crippen molar-refractivity contribution in [1.29, 1.82) is 0 Å². The van der Waals surface area contributed by atoms with Crippen molar-refractivity contribution in [2.75, 3.05) is 18.5 Å². The SMILES string of the molecule is O=C(O)COCC(=O)NC(=O)Nc1nc2ccccc2s1. The number of carbonyl (C=O) groups excluding carboxylic acids is 2. The molecule has 0 saturated carbocycles. The number of aromatic nitrogens is 1. The molecule has 1 aromatic heterocycles. The van der Waals surface area contributed by atoms with Gasteiger partial charge in [0.15, 0.2) is 5.13 Å². The molecule has 110 valence electrons. The van der Waals surface area contributed by atoms with Gasteiger partial charge < -0.3 is 9.84 Å². The summed E-state index contributed by atoms with van der Waals surface area (Å²) in [6, 6.07) is 6.60. The summed E-state index contributed by atoms with van der Waals surface area (Å²) < 4.78 is 5.46. The molecule has 3 N–H and O–H groups in total. The van der Waals surface area contributed by atoms with Crippen molar-refractivity contribution in [3.8, 4) is 0 Å². The Morgan fingerprint density at radius 3 is 2.71 bits per heavy atom. The van der Waals surface area contributed by atoms with E-state index in [9.17, 15) is 14.4 Å². The quantitative estimate of drug-likeness (QED) is 0.759. The molecule has 0 aliphatic rings. The lowest BCUT2D eigenvalue weighted by Crippen LogP contribution is -2.37. The van der Waals surface area contributed by atoms with Crippen molar-refractivity contribution in [2.45, 2.75) is 0 Å². The number of carboxylic acid groups (broad SMARTS) is 1. The van der Waals surface area contributed by atoms with Crippen molar-refractivity contribution in [1.82, 2.24) is 10.3 Å². The number of imide groups is 1. The number of carboxylic acids is 1. The lowest BCUT2D eigenvalue weighted by molar-refractivity contribution is -0.143. The summed E-state index contributed by atoms with van der Waals surface area (Å²) in [4.78, 5) is 37.2. The first kappa shape index (κ1) is 14.9. The van der Waals surface area contributed by atoms with Gasteiger partial charge in [-0.1, -0.05) is 23.5 Å². The standard InChI is InChI=1S/C12H11N3O5S/c16-9(5-20-6-10(17)18)14-11(19)15-12-13-7-3-1-2-4-8(7)21-12/h1-4H,5-6H2,(H,17,18)(H2,13,14,15,16,19). The number of nitrogens with zero attached hydrogens (tertiary/aromatic N) is 1. The van der Waals surface area contributed by atoms with Crippen molar-refractivity contribution in [3.05, 3.63) is 24.3 Å². The molecular formula is C12H11N3O5S. The van der Waals surface area contributed by atoms with Crippen LogP contribution in [0.2, 0.25) is 0 Å². The second-order valence-corrected chi connectivity index (χ2v) is 4.91. The normalized spacial score (nSPS) is 10.3. The monoisotopic (exact) mass is 309 g/mol. The van der Waals surface area contributed by atoms with Crippen LogP contribution in [0.25, 0.3) is 10.2 Å². The number of carbonyl (C=O) groups is 3. The maximum Gasteiger partial charge on any atom is 0.329 e. The fourth-order valence-corrected chi connectivity index (χ4v) is 2.31. The van der Waals surface area contributed by atoms with Gasteiger partial charge in [-0.15, -0.1) is 0 Å². The number of amides is 3. The zero-order chi connectivity index (χ0) is 15.2. The number of nitrogens with one attached hydrogen (secondary N) is 2. The van der Waals surface area contributed by atoms with E-state index in [1.165, 1.54) is 11.3 Å². The zero-order valence-corrected chi connectivity index (χ0v) is 11.5. The van der Waals surface area contributed by atoms with Crippen LogP contribution in [0, 0.1) is 0 Å². The van der Waals surface area contributed by atoms with Crippen LogP contribution in [0.4, 0.5) is 9.93 Å². The molecule has 0 atom stereocenters. The molecule has 3 amide bonds. The first-order valence-corrected chi connectivity index (χ1v) is 6.62. The van der Waals surface area contributed by atoms with Crippen LogP contribution < -0.4 is 10.6 Å². The number of anilines is 1. The third-order valence-electron chi connectivity index (χ3n) is 2.23. The fraction of sp³-hybridized carbons (Fsp3) is 0.167. The van der Waals surface area contributed by atoms with E-state index in [0.29, 0.717) is 5.13 Å². The van der Waals surface area contributed by atoms with Crippen LogP contribution in [0.15, 0.2) is 24.3 Å². The Kier molecular flexibility index (Phi) is 4.80. The van der Waals surface area contributed by atoms with E-state index in [-0.39, 0.29) is 0 Å². The Morgan fingerprint density at radius 2 is 2.00 bits per heavy atom. The summed E-state index contributed by atoms with van der Waals surface area (Å²) in [7, 11) is 0. The Labute approximate surface area is 122 Å². The van der Waals surface area contributed by atoms with Crippen molar-refractivity contribution in [3.63, 3.8) is 0 Å². The molecule has 8 nitrogen and oxygen atoms in total. The molecule has 0 unspecified atom stereocenters. The van der Waals surface area contributed by atoms with Gasteiger partial charge in [-0.2, -0.15) is 0 Å². The number of para-hydroxylation sites is 1. The molecule has 0 aliphatic heterocycles. The Morgan fingerprint density at radius 1 is 1.24 bits per heavy atom. The predicted octanol–water partition coefficient (Wildman–Crippen LogP) is 1.05. The van der Waals surface area contributed by atoms with Crippen LogP contribution in [-0.2, 0) is 14.3 Å². The van der Waals surface area contributed by atoms with Gasteiger partial charge in [0.1, 0.15) is 13.2 Å². The molecule has 0 spiro atoms. The Balaban J connectivity index is 1.83. The van der Waals surface area contributed by atoms with Gasteiger partial charge in [-0.05, 0) is 12.1 Å². The second kappa shape index (κ2) is 6.77. The summed E-state index contributed by atoms with van der Waals surface area (Å²) in [6.45, 7) is -1.12. The molecule has 1 heterocycles. The summed E-state index contributed by atoms with van der Waals surface area (Å²) >= 11 is 1.27. The van der Waals surface area contributed by atoms with Crippen LogP contribution in [-0.4, -0.2) is 41.2 Å². The molecule has 9 heteroatoms. The van der Waals surface area contributed by atoms with Crippen LogP contribution in [0.5, 0.6) is 0 Å². The number of hydrogen-bond donors (Lipinski definition) is 3. The van der Waals surface area contributed by atoms with E-state index in [1.54, 1.807) is 6.07 Å². The van der Waals surface area contributed by atoms with Gasteiger partial charge in [0, 0.05) is 0 Å². The molecule has 21 heavy (non-hydrogen) atoms. The average molecular weight is 309 g/mol. The van der Waals surface area contributed by atoms with Gasteiger partial charge in [0.25, 0.3) is 5.91 Å². The minimum atomic E-state index is -1.19. The minimum Gasteiger partial charge on any atom is -0.480 e. The smallest absolute Gasteiger partial charge is 0.329 e. The first-order chi connectivity index (χ1) is 10.0. The highest BCUT2D eigenvalue weighted by atomic mass is 32.1. The zero-order valence-electron chi connectivity index (χ0n) is 10.7. The number of aliphatic carboxylic acids is 1. The molecule has 2 aromatic rings. The number of thiazole rings is 1. The van der Waals surface area contributed by atoms with Gasteiger partial charge >= 0.3 is 12.0 Å². The highest BCUT2D eigenvalue weighted by Gasteiger charge is 2.11. The topological polar surface area (TPSA) is 118 Å². The molecule has 2 rings (SSSR count). The molecule has 0 saturated heterocycles. The highest BCUT2D eigenvalue weighted by Crippen LogP contribution is 2.25. The molecule has 0 aliphatic carbocycles. The first-order valence-electron chi connectivity index (χ1n) is 5.80. The molecule has 0 bridgehead atoms.